The van der Waals surface area contributed by atoms with Crippen LogP contribution in [0.3, 0.4) is 0 Å². The van der Waals surface area contributed by atoms with Crippen LogP contribution in [0.2, 0.25) is 0 Å². The molecule has 3 aromatic rings. The van der Waals surface area contributed by atoms with Gasteiger partial charge in [0, 0.05) is 23.9 Å². The molecule has 3 rings (SSSR count). The molecule has 0 radical (unpaired) electrons. The summed E-state index contributed by atoms with van der Waals surface area (Å²) in [7, 11) is 0. The number of halogens is 4. The highest BCUT2D eigenvalue weighted by atomic mass is 19.3. The molecule has 1 atom stereocenters. The molecule has 166 valence electrons. The predicted molar refractivity (Wildman–Crippen MR) is 109 cm³/mol. The van der Waals surface area contributed by atoms with Crippen molar-refractivity contribution in [1.29, 1.82) is 0 Å². The molecule has 1 unspecified atom stereocenters. The zero-order valence-corrected chi connectivity index (χ0v) is 16.5. The molecule has 0 saturated heterocycles. The average molecular weight is 446 g/mol. The molecule has 0 aliphatic heterocycles. The molecule has 0 aliphatic rings. The number of alkyl halides is 4. The molecule has 5 nitrogen and oxygen atoms in total. The summed E-state index contributed by atoms with van der Waals surface area (Å²) in [6.07, 6.45) is 3.96. The minimum absolute atomic E-state index is 0.0798. The summed E-state index contributed by atoms with van der Waals surface area (Å²) in [6.45, 7) is -6.31. The van der Waals surface area contributed by atoms with Gasteiger partial charge in [-0.15, -0.1) is 0 Å². The molecule has 32 heavy (non-hydrogen) atoms. The number of benzene rings is 2. The first-order valence-corrected chi connectivity index (χ1v) is 9.40. The number of hydrogen-bond acceptors (Lipinski definition) is 4. The van der Waals surface area contributed by atoms with Crippen molar-refractivity contribution in [3.63, 3.8) is 0 Å². The van der Waals surface area contributed by atoms with Gasteiger partial charge in [0.25, 0.3) is 0 Å². The number of amides is 1. The first-order chi connectivity index (χ1) is 15.4. The van der Waals surface area contributed by atoms with Gasteiger partial charge in [0.1, 0.15) is 11.5 Å². The summed E-state index contributed by atoms with van der Waals surface area (Å²) in [5.74, 6) is -1.29. The second-order valence-corrected chi connectivity index (χ2v) is 6.40. The predicted octanol–water partition coefficient (Wildman–Crippen LogP) is 5.20. The first-order valence-electron chi connectivity index (χ1n) is 9.40. The number of carbonyl (C=O) groups is 1. The molecular formula is C23H18F4N2O3. The van der Waals surface area contributed by atoms with Gasteiger partial charge in [0.2, 0.25) is 5.91 Å². The third-order valence-electron chi connectivity index (χ3n) is 4.24. The highest BCUT2D eigenvalue weighted by Crippen LogP contribution is 2.28. The molecule has 1 amide bonds. The largest absolute Gasteiger partial charge is 0.435 e. The van der Waals surface area contributed by atoms with Crippen molar-refractivity contribution < 1.29 is 31.8 Å². The van der Waals surface area contributed by atoms with E-state index in [1.807, 2.05) is 30.3 Å². The van der Waals surface area contributed by atoms with Crippen LogP contribution >= 0.6 is 0 Å². The van der Waals surface area contributed by atoms with Crippen molar-refractivity contribution in [3.8, 4) is 11.5 Å². The second-order valence-electron chi connectivity index (χ2n) is 6.40. The lowest BCUT2D eigenvalue weighted by Crippen LogP contribution is -2.28. The van der Waals surface area contributed by atoms with E-state index in [0.29, 0.717) is 5.69 Å². The van der Waals surface area contributed by atoms with Crippen LogP contribution in [0.25, 0.3) is 6.08 Å². The molecule has 0 bridgehead atoms. The molecule has 1 aromatic heterocycles. The number of carbonyl (C=O) groups excluding carboxylic acids is 1. The van der Waals surface area contributed by atoms with Gasteiger partial charge in [0.05, 0.1) is 11.7 Å². The standard InChI is InChI=1S/C23H18F4N2O3/c24-22(25)31-17-11-9-15(19(14-17)32-23(26)27)10-12-20(30)29-21(16-6-2-1-3-7-16)18-8-4-5-13-28-18/h1-14,21-23H,(H,29,30)/b12-10+. The molecule has 0 aliphatic carbocycles. The van der Waals surface area contributed by atoms with Crippen LogP contribution < -0.4 is 14.8 Å². The lowest BCUT2D eigenvalue weighted by atomic mass is 10.0. The van der Waals surface area contributed by atoms with E-state index in [9.17, 15) is 22.4 Å². The maximum atomic E-state index is 12.7. The van der Waals surface area contributed by atoms with Crippen LogP contribution in [0.5, 0.6) is 11.5 Å². The van der Waals surface area contributed by atoms with Crippen LogP contribution in [0.4, 0.5) is 17.6 Å². The lowest BCUT2D eigenvalue weighted by Gasteiger charge is -2.18. The molecule has 1 N–H and O–H groups in total. The summed E-state index contributed by atoms with van der Waals surface area (Å²) in [5.41, 5.74) is 1.48. The first kappa shape index (κ1) is 22.8. The maximum absolute atomic E-state index is 12.7. The Balaban J connectivity index is 1.81. The van der Waals surface area contributed by atoms with Crippen LogP contribution in [-0.2, 0) is 4.79 Å². The van der Waals surface area contributed by atoms with E-state index in [4.69, 9.17) is 0 Å². The Kier molecular flexibility index (Phi) is 7.80. The monoisotopic (exact) mass is 446 g/mol. The van der Waals surface area contributed by atoms with Gasteiger partial charge < -0.3 is 14.8 Å². The normalized spacial score (nSPS) is 12.2. The average Bonchev–Trinajstić information content (AvgIpc) is 2.77. The fourth-order valence-electron chi connectivity index (χ4n) is 2.90. The van der Waals surface area contributed by atoms with E-state index in [1.165, 1.54) is 12.1 Å². The summed E-state index contributed by atoms with van der Waals surface area (Å²) >= 11 is 0. The Morgan fingerprint density at radius 3 is 2.28 bits per heavy atom. The molecule has 2 aromatic carbocycles. The van der Waals surface area contributed by atoms with Crippen molar-refractivity contribution in [2.75, 3.05) is 0 Å². The van der Waals surface area contributed by atoms with Gasteiger partial charge in [-0.25, -0.2) is 0 Å². The number of nitrogens with one attached hydrogen (secondary N) is 1. The molecule has 0 fully saturated rings. The Bertz CT molecular complexity index is 1010. The van der Waals surface area contributed by atoms with Gasteiger partial charge in [-0.1, -0.05) is 36.4 Å². The Hall–Kier alpha value is -3.88. The third kappa shape index (κ3) is 6.56. The fraction of sp³-hybridized carbons (Fsp3) is 0.130. The maximum Gasteiger partial charge on any atom is 0.387 e. The highest BCUT2D eigenvalue weighted by Gasteiger charge is 2.17. The zero-order valence-electron chi connectivity index (χ0n) is 16.5. The molecular weight excluding hydrogens is 428 g/mol. The van der Waals surface area contributed by atoms with Crippen LogP contribution in [0.15, 0.2) is 79.0 Å². The minimum atomic E-state index is -3.19. The van der Waals surface area contributed by atoms with Crippen molar-refractivity contribution in [1.82, 2.24) is 10.3 Å². The summed E-state index contributed by atoms with van der Waals surface area (Å²) in [6, 6.07) is 17.2. The SMILES string of the molecule is O=C(/C=C/c1ccc(OC(F)F)cc1OC(F)F)NC(c1ccccc1)c1ccccn1. The number of ether oxygens (including phenoxy) is 2. The van der Waals surface area contributed by atoms with Gasteiger partial charge in [0.15, 0.2) is 0 Å². The van der Waals surface area contributed by atoms with E-state index < -0.39 is 30.9 Å². The second kappa shape index (κ2) is 10.9. The van der Waals surface area contributed by atoms with Crippen molar-refractivity contribution in [2.45, 2.75) is 19.3 Å². The Morgan fingerprint density at radius 2 is 1.62 bits per heavy atom. The number of pyridine rings is 1. The van der Waals surface area contributed by atoms with Gasteiger partial charge in [-0.05, 0) is 35.9 Å². The van der Waals surface area contributed by atoms with Crippen molar-refractivity contribution in [3.05, 3.63) is 95.8 Å². The van der Waals surface area contributed by atoms with E-state index in [0.717, 1.165) is 23.8 Å². The zero-order chi connectivity index (χ0) is 22.9. The third-order valence-corrected chi connectivity index (χ3v) is 4.24. The molecule has 1 heterocycles. The lowest BCUT2D eigenvalue weighted by molar-refractivity contribution is -0.116. The Morgan fingerprint density at radius 1 is 0.906 bits per heavy atom. The van der Waals surface area contributed by atoms with Gasteiger partial charge >= 0.3 is 13.2 Å². The smallest absolute Gasteiger partial charge is 0.387 e. The Labute approximate surface area is 181 Å². The van der Waals surface area contributed by atoms with Crippen molar-refractivity contribution in [2.24, 2.45) is 0 Å². The van der Waals surface area contributed by atoms with Crippen LogP contribution in [0.1, 0.15) is 22.9 Å². The van der Waals surface area contributed by atoms with E-state index in [2.05, 4.69) is 19.8 Å². The van der Waals surface area contributed by atoms with Gasteiger partial charge in [-0.3, -0.25) is 9.78 Å². The summed E-state index contributed by atoms with van der Waals surface area (Å²) < 4.78 is 58.8. The van der Waals surface area contributed by atoms with E-state index >= 15 is 0 Å². The van der Waals surface area contributed by atoms with Crippen LogP contribution in [0, 0.1) is 0 Å². The minimum Gasteiger partial charge on any atom is -0.435 e. The molecule has 9 heteroatoms. The van der Waals surface area contributed by atoms with Gasteiger partial charge in [-0.2, -0.15) is 17.6 Å². The number of hydrogen-bond donors (Lipinski definition) is 1. The number of aromatic nitrogens is 1. The fourth-order valence-corrected chi connectivity index (χ4v) is 2.90. The summed E-state index contributed by atoms with van der Waals surface area (Å²) in [5, 5.41) is 2.82. The van der Waals surface area contributed by atoms with Crippen LogP contribution in [-0.4, -0.2) is 24.1 Å². The number of rotatable bonds is 9. The molecule has 0 spiro atoms. The highest BCUT2D eigenvalue weighted by molar-refractivity contribution is 5.92. The topological polar surface area (TPSA) is 60.5 Å². The van der Waals surface area contributed by atoms with Crippen molar-refractivity contribution >= 4 is 12.0 Å². The quantitative estimate of drug-likeness (QED) is 0.363. The summed E-state index contributed by atoms with van der Waals surface area (Å²) in [4.78, 5) is 16.9. The van der Waals surface area contributed by atoms with E-state index in [1.54, 1.807) is 24.4 Å². The number of nitrogens with zero attached hydrogens (tertiary/aromatic N) is 1. The van der Waals surface area contributed by atoms with E-state index in [-0.39, 0.29) is 11.3 Å². The molecule has 0 saturated carbocycles.